The van der Waals surface area contributed by atoms with Crippen LogP contribution in [0.4, 0.5) is 0 Å². The van der Waals surface area contributed by atoms with Gasteiger partial charge in [-0.15, -0.1) is 0 Å². The highest BCUT2D eigenvalue weighted by molar-refractivity contribution is 7.98. The van der Waals surface area contributed by atoms with E-state index in [1.165, 1.54) is 11.3 Å². The predicted octanol–water partition coefficient (Wildman–Crippen LogP) is 2.32. The highest BCUT2D eigenvalue weighted by Crippen LogP contribution is 2.32. The zero-order valence-electron chi connectivity index (χ0n) is 8.05. The molecular weight excluding hydrogens is 208 g/mol. The predicted molar refractivity (Wildman–Crippen MR) is 60.2 cm³/mol. The fraction of sp³-hybridized carbons (Fsp3) is 0.182. The summed E-state index contributed by atoms with van der Waals surface area (Å²) in [6.07, 6.45) is 1.89. The number of rotatable bonds is 1. The van der Waals surface area contributed by atoms with Crippen molar-refractivity contribution in [3.05, 3.63) is 41.7 Å². The SMILES string of the molecule is Oc1ccccc1-n1ncc2c1CSC2. The topological polar surface area (TPSA) is 38.0 Å². The summed E-state index contributed by atoms with van der Waals surface area (Å²) in [6, 6.07) is 7.29. The fourth-order valence-electron chi connectivity index (χ4n) is 1.79. The summed E-state index contributed by atoms with van der Waals surface area (Å²) in [4.78, 5) is 0. The molecule has 1 aromatic heterocycles. The lowest BCUT2D eigenvalue weighted by molar-refractivity contribution is 0.470. The fourth-order valence-corrected chi connectivity index (χ4v) is 2.85. The van der Waals surface area contributed by atoms with Gasteiger partial charge in [0.15, 0.2) is 0 Å². The maximum atomic E-state index is 9.75. The number of nitrogens with zero attached hydrogens (tertiary/aromatic N) is 2. The van der Waals surface area contributed by atoms with Crippen molar-refractivity contribution < 1.29 is 5.11 Å². The van der Waals surface area contributed by atoms with Crippen molar-refractivity contribution in [1.29, 1.82) is 0 Å². The van der Waals surface area contributed by atoms with Crippen molar-refractivity contribution in [3.8, 4) is 11.4 Å². The number of benzene rings is 1. The summed E-state index contributed by atoms with van der Waals surface area (Å²) in [7, 11) is 0. The number of aromatic hydroxyl groups is 1. The first kappa shape index (κ1) is 8.85. The van der Waals surface area contributed by atoms with Crippen LogP contribution < -0.4 is 0 Å². The van der Waals surface area contributed by atoms with Gasteiger partial charge in [-0.2, -0.15) is 16.9 Å². The summed E-state index contributed by atoms with van der Waals surface area (Å²) in [6.45, 7) is 0. The van der Waals surface area contributed by atoms with Crippen molar-refractivity contribution in [3.63, 3.8) is 0 Å². The Labute approximate surface area is 91.7 Å². The second kappa shape index (κ2) is 3.31. The van der Waals surface area contributed by atoms with Gasteiger partial charge in [0, 0.05) is 17.1 Å². The van der Waals surface area contributed by atoms with Crippen molar-refractivity contribution >= 4 is 11.8 Å². The Morgan fingerprint density at radius 2 is 2.13 bits per heavy atom. The zero-order chi connectivity index (χ0) is 10.3. The van der Waals surface area contributed by atoms with Gasteiger partial charge in [0.25, 0.3) is 0 Å². The minimum Gasteiger partial charge on any atom is -0.506 e. The van der Waals surface area contributed by atoms with Crippen LogP contribution in [-0.4, -0.2) is 14.9 Å². The number of hydrogen-bond donors (Lipinski definition) is 1. The van der Waals surface area contributed by atoms with E-state index >= 15 is 0 Å². The Bertz CT molecular complexity index is 507. The van der Waals surface area contributed by atoms with Gasteiger partial charge in [-0.05, 0) is 12.1 Å². The van der Waals surface area contributed by atoms with Gasteiger partial charge in [0.2, 0.25) is 0 Å². The first-order valence-corrected chi connectivity index (χ1v) is 5.93. The summed E-state index contributed by atoms with van der Waals surface area (Å²) in [5, 5.41) is 14.1. The van der Waals surface area contributed by atoms with Crippen LogP contribution in [0.15, 0.2) is 30.5 Å². The molecule has 0 aliphatic carbocycles. The molecule has 0 unspecified atom stereocenters. The first-order chi connectivity index (χ1) is 7.36. The van der Waals surface area contributed by atoms with Crippen LogP contribution in [0.1, 0.15) is 11.3 Å². The summed E-state index contributed by atoms with van der Waals surface area (Å²) >= 11 is 1.88. The van der Waals surface area contributed by atoms with Crippen molar-refractivity contribution in [2.45, 2.75) is 11.5 Å². The average Bonchev–Trinajstić information content (AvgIpc) is 2.80. The number of para-hydroxylation sites is 2. The van der Waals surface area contributed by atoms with E-state index in [1.807, 2.05) is 40.8 Å². The highest BCUT2D eigenvalue weighted by Gasteiger charge is 2.18. The van der Waals surface area contributed by atoms with Gasteiger partial charge in [0.1, 0.15) is 11.4 Å². The second-order valence-corrected chi connectivity index (χ2v) is 4.50. The molecule has 3 rings (SSSR count). The molecule has 0 atom stereocenters. The molecule has 76 valence electrons. The molecular formula is C11H10N2OS. The summed E-state index contributed by atoms with van der Waals surface area (Å²) < 4.78 is 1.84. The van der Waals surface area contributed by atoms with Crippen LogP contribution in [-0.2, 0) is 11.5 Å². The molecule has 0 amide bonds. The van der Waals surface area contributed by atoms with E-state index in [4.69, 9.17) is 0 Å². The smallest absolute Gasteiger partial charge is 0.141 e. The number of thioether (sulfide) groups is 1. The van der Waals surface area contributed by atoms with E-state index in [-0.39, 0.29) is 5.75 Å². The maximum Gasteiger partial charge on any atom is 0.141 e. The largest absolute Gasteiger partial charge is 0.506 e. The molecule has 4 heteroatoms. The number of phenols is 1. The molecule has 0 spiro atoms. The van der Waals surface area contributed by atoms with Crippen LogP contribution in [0.2, 0.25) is 0 Å². The standard InChI is InChI=1S/C11H10N2OS/c14-11-4-2-1-3-9(11)13-10-7-15-6-8(10)5-12-13/h1-5,14H,6-7H2. The monoisotopic (exact) mass is 218 g/mol. The summed E-state index contributed by atoms with van der Waals surface area (Å²) in [5.41, 5.74) is 3.26. The van der Waals surface area contributed by atoms with E-state index in [2.05, 4.69) is 5.10 Å². The Morgan fingerprint density at radius 1 is 1.27 bits per heavy atom. The van der Waals surface area contributed by atoms with E-state index in [0.29, 0.717) is 0 Å². The number of aromatic nitrogens is 2. The Kier molecular flexibility index (Phi) is 1.95. The van der Waals surface area contributed by atoms with Gasteiger partial charge < -0.3 is 5.11 Å². The molecule has 15 heavy (non-hydrogen) atoms. The van der Waals surface area contributed by atoms with Crippen LogP contribution >= 0.6 is 11.8 Å². The molecule has 1 N–H and O–H groups in total. The molecule has 0 fully saturated rings. The van der Waals surface area contributed by atoms with Crippen molar-refractivity contribution in [2.24, 2.45) is 0 Å². The van der Waals surface area contributed by atoms with Gasteiger partial charge in [-0.25, -0.2) is 4.68 Å². The quantitative estimate of drug-likeness (QED) is 0.798. The minimum atomic E-state index is 0.278. The molecule has 0 radical (unpaired) electrons. The van der Waals surface area contributed by atoms with Crippen molar-refractivity contribution in [2.75, 3.05) is 0 Å². The number of fused-ring (bicyclic) bond motifs is 1. The molecule has 0 bridgehead atoms. The zero-order valence-corrected chi connectivity index (χ0v) is 8.87. The van der Waals surface area contributed by atoms with E-state index in [0.717, 1.165) is 17.2 Å². The van der Waals surface area contributed by atoms with Gasteiger partial charge >= 0.3 is 0 Å². The second-order valence-electron chi connectivity index (χ2n) is 3.51. The molecule has 1 aromatic carbocycles. The molecule has 3 nitrogen and oxygen atoms in total. The lowest BCUT2D eigenvalue weighted by Crippen LogP contribution is -2.00. The Morgan fingerprint density at radius 3 is 3.00 bits per heavy atom. The lowest BCUT2D eigenvalue weighted by Gasteiger charge is -2.06. The molecule has 1 aliphatic rings. The van der Waals surface area contributed by atoms with E-state index in [1.54, 1.807) is 6.07 Å². The lowest BCUT2D eigenvalue weighted by atomic mass is 10.2. The molecule has 2 heterocycles. The highest BCUT2D eigenvalue weighted by atomic mass is 32.2. The first-order valence-electron chi connectivity index (χ1n) is 4.78. The summed E-state index contributed by atoms with van der Waals surface area (Å²) in [5.74, 6) is 2.28. The van der Waals surface area contributed by atoms with Gasteiger partial charge in [-0.3, -0.25) is 0 Å². The van der Waals surface area contributed by atoms with Crippen LogP contribution in [0.5, 0.6) is 5.75 Å². The van der Waals surface area contributed by atoms with E-state index < -0.39 is 0 Å². The van der Waals surface area contributed by atoms with Crippen molar-refractivity contribution in [1.82, 2.24) is 9.78 Å². The van der Waals surface area contributed by atoms with Crippen LogP contribution in [0.25, 0.3) is 5.69 Å². The third kappa shape index (κ3) is 1.33. The average molecular weight is 218 g/mol. The third-order valence-corrected chi connectivity index (χ3v) is 3.55. The van der Waals surface area contributed by atoms with Crippen LogP contribution in [0.3, 0.4) is 0 Å². The molecule has 1 aliphatic heterocycles. The Balaban J connectivity index is 2.17. The normalized spacial score (nSPS) is 14.1. The number of phenolic OH excluding ortho intramolecular Hbond substituents is 1. The maximum absolute atomic E-state index is 9.75. The van der Waals surface area contributed by atoms with Crippen LogP contribution in [0, 0.1) is 0 Å². The minimum absolute atomic E-state index is 0.278. The third-order valence-electron chi connectivity index (χ3n) is 2.56. The molecule has 0 saturated carbocycles. The number of hydrogen-bond acceptors (Lipinski definition) is 3. The van der Waals surface area contributed by atoms with Gasteiger partial charge in [-0.1, -0.05) is 12.1 Å². The van der Waals surface area contributed by atoms with Gasteiger partial charge in [0.05, 0.1) is 11.9 Å². The molecule has 0 saturated heterocycles. The van der Waals surface area contributed by atoms with E-state index in [9.17, 15) is 5.11 Å². The Hall–Kier alpha value is -1.42. The molecule has 2 aromatic rings.